The van der Waals surface area contributed by atoms with Crippen LogP contribution in [0, 0.1) is 0 Å². The Balaban J connectivity index is 1.48. The molecule has 3 aromatic rings. The highest BCUT2D eigenvalue weighted by Crippen LogP contribution is 2.32. The standard InChI is InChI=1S/C22H26N4O2/c1-27-20-10-11-23-19(21(20)28-2)15-26-12-6-9-17(14-26)22-24-13-18(25-22)16-7-4-3-5-8-16/h3-5,7-8,10-11,13,17H,6,9,12,14-15H2,1-2H3,(H,24,25)/t17-/m0/s1. The van der Waals surface area contributed by atoms with Crippen molar-refractivity contribution in [3.8, 4) is 22.8 Å². The Hall–Kier alpha value is -2.86. The van der Waals surface area contributed by atoms with Crippen molar-refractivity contribution < 1.29 is 9.47 Å². The van der Waals surface area contributed by atoms with Crippen LogP contribution in [0.25, 0.3) is 11.3 Å². The van der Waals surface area contributed by atoms with Gasteiger partial charge in [0, 0.05) is 31.3 Å². The molecular formula is C22H26N4O2. The number of H-pyrrole nitrogens is 1. The summed E-state index contributed by atoms with van der Waals surface area (Å²) in [5.41, 5.74) is 3.15. The maximum atomic E-state index is 5.54. The molecule has 1 atom stereocenters. The summed E-state index contributed by atoms with van der Waals surface area (Å²) in [6.07, 6.45) is 5.99. The maximum Gasteiger partial charge on any atom is 0.183 e. The van der Waals surface area contributed by atoms with Crippen LogP contribution in [0.2, 0.25) is 0 Å². The fraction of sp³-hybridized carbons (Fsp3) is 0.364. The number of piperidine rings is 1. The van der Waals surface area contributed by atoms with E-state index in [9.17, 15) is 0 Å². The minimum absolute atomic E-state index is 0.391. The molecule has 0 radical (unpaired) electrons. The van der Waals surface area contributed by atoms with Crippen molar-refractivity contribution in [1.29, 1.82) is 0 Å². The van der Waals surface area contributed by atoms with E-state index < -0.39 is 0 Å². The van der Waals surface area contributed by atoms with Crippen molar-refractivity contribution in [3.63, 3.8) is 0 Å². The molecule has 28 heavy (non-hydrogen) atoms. The van der Waals surface area contributed by atoms with Gasteiger partial charge in [0.05, 0.1) is 26.1 Å². The lowest BCUT2D eigenvalue weighted by atomic mass is 9.97. The third-order valence-electron chi connectivity index (χ3n) is 5.31. The first-order valence-electron chi connectivity index (χ1n) is 9.67. The molecular weight excluding hydrogens is 352 g/mol. The molecule has 0 amide bonds. The number of ether oxygens (including phenoxy) is 2. The normalized spacial score (nSPS) is 17.4. The highest BCUT2D eigenvalue weighted by atomic mass is 16.5. The smallest absolute Gasteiger partial charge is 0.183 e. The number of methoxy groups -OCH3 is 2. The number of nitrogens with one attached hydrogen (secondary N) is 1. The lowest BCUT2D eigenvalue weighted by Crippen LogP contribution is -2.34. The molecule has 1 fully saturated rings. The second kappa shape index (κ2) is 8.44. The zero-order valence-corrected chi connectivity index (χ0v) is 16.4. The van der Waals surface area contributed by atoms with Crippen LogP contribution in [0.4, 0.5) is 0 Å². The number of hydrogen-bond donors (Lipinski definition) is 1. The molecule has 2 aromatic heterocycles. The summed E-state index contributed by atoms with van der Waals surface area (Å²) >= 11 is 0. The van der Waals surface area contributed by atoms with Crippen molar-refractivity contribution >= 4 is 0 Å². The van der Waals surface area contributed by atoms with Crippen molar-refractivity contribution in [1.82, 2.24) is 19.9 Å². The minimum atomic E-state index is 0.391. The number of rotatable bonds is 6. The molecule has 0 spiro atoms. The highest BCUT2D eigenvalue weighted by Gasteiger charge is 2.25. The van der Waals surface area contributed by atoms with Gasteiger partial charge in [-0.3, -0.25) is 9.88 Å². The molecule has 1 N–H and O–H groups in total. The number of aromatic amines is 1. The van der Waals surface area contributed by atoms with Gasteiger partial charge in [-0.05, 0) is 24.9 Å². The van der Waals surface area contributed by atoms with E-state index >= 15 is 0 Å². The van der Waals surface area contributed by atoms with E-state index in [1.54, 1.807) is 20.4 Å². The van der Waals surface area contributed by atoms with Gasteiger partial charge in [-0.25, -0.2) is 4.98 Å². The second-order valence-electron chi connectivity index (χ2n) is 7.12. The van der Waals surface area contributed by atoms with Crippen LogP contribution in [0.1, 0.15) is 30.3 Å². The molecule has 0 bridgehead atoms. The van der Waals surface area contributed by atoms with E-state index in [4.69, 9.17) is 9.47 Å². The molecule has 1 aliphatic heterocycles. The fourth-order valence-corrected chi connectivity index (χ4v) is 3.91. The molecule has 0 aliphatic carbocycles. The van der Waals surface area contributed by atoms with Crippen LogP contribution >= 0.6 is 0 Å². The summed E-state index contributed by atoms with van der Waals surface area (Å²) in [5.74, 6) is 2.90. The van der Waals surface area contributed by atoms with Crippen molar-refractivity contribution in [2.24, 2.45) is 0 Å². The molecule has 0 unspecified atom stereocenters. The summed E-state index contributed by atoms with van der Waals surface area (Å²) in [7, 11) is 3.32. The SMILES string of the molecule is COc1ccnc(CN2CCC[C@H](c3ncc(-c4ccccc4)[nH]3)C2)c1OC. The van der Waals surface area contributed by atoms with Gasteiger partial charge in [-0.15, -0.1) is 0 Å². The van der Waals surface area contributed by atoms with Gasteiger partial charge in [0.1, 0.15) is 11.5 Å². The van der Waals surface area contributed by atoms with Crippen molar-refractivity contribution in [3.05, 3.63) is 60.3 Å². The van der Waals surface area contributed by atoms with Crippen LogP contribution in [0.15, 0.2) is 48.8 Å². The first-order chi connectivity index (χ1) is 13.8. The van der Waals surface area contributed by atoms with Crippen LogP contribution in [0.3, 0.4) is 0 Å². The Bertz CT molecular complexity index is 910. The summed E-state index contributed by atoms with van der Waals surface area (Å²) < 4.78 is 10.9. The zero-order chi connectivity index (χ0) is 19.3. The third kappa shape index (κ3) is 3.87. The molecule has 0 saturated carbocycles. The molecule has 1 aliphatic rings. The van der Waals surface area contributed by atoms with E-state index in [1.165, 1.54) is 5.56 Å². The largest absolute Gasteiger partial charge is 0.493 e. The first-order valence-corrected chi connectivity index (χ1v) is 9.67. The summed E-state index contributed by atoms with van der Waals surface area (Å²) in [6.45, 7) is 2.73. The Labute approximate surface area is 165 Å². The predicted molar refractivity (Wildman–Crippen MR) is 109 cm³/mol. The maximum absolute atomic E-state index is 5.54. The quantitative estimate of drug-likeness (QED) is 0.705. The van der Waals surface area contributed by atoms with Crippen molar-refractivity contribution in [2.75, 3.05) is 27.3 Å². The molecule has 6 nitrogen and oxygen atoms in total. The first kappa shape index (κ1) is 18.5. The van der Waals surface area contributed by atoms with Gasteiger partial charge in [0.15, 0.2) is 11.5 Å². The Morgan fingerprint density at radius 1 is 1.11 bits per heavy atom. The zero-order valence-electron chi connectivity index (χ0n) is 16.4. The van der Waals surface area contributed by atoms with Crippen molar-refractivity contribution in [2.45, 2.75) is 25.3 Å². The Kier molecular flexibility index (Phi) is 5.58. The van der Waals surface area contributed by atoms with E-state index in [2.05, 4.69) is 32.0 Å². The number of benzene rings is 1. The number of likely N-dealkylation sites (tertiary alicyclic amines) is 1. The van der Waals surface area contributed by atoms with E-state index in [0.29, 0.717) is 5.92 Å². The van der Waals surface area contributed by atoms with Gasteiger partial charge in [0.2, 0.25) is 0 Å². The summed E-state index contributed by atoms with van der Waals surface area (Å²) in [4.78, 5) is 15.1. The van der Waals surface area contributed by atoms with Gasteiger partial charge < -0.3 is 14.5 Å². The van der Waals surface area contributed by atoms with Crippen LogP contribution < -0.4 is 9.47 Å². The van der Waals surface area contributed by atoms with Gasteiger partial charge >= 0.3 is 0 Å². The second-order valence-corrected chi connectivity index (χ2v) is 7.12. The van der Waals surface area contributed by atoms with E-state index in [0.717, 1.165) is 61.2 Å². The van der Waals surface area contributed by atoms with Crippen LogP contribution in [-0.2, 0) is 6.54 Å². The molecule has 146 valence electrons. The lowest BCUT2D eigenvalue weighted by Gasteiger charge is -2.31. The minimum Gasteiger partial charge on any atom is -0.493 e. The van der Waals surface area contributed by atoms with E-state index in [-0.39, 0.29) is 0 Å². The predicted octanol–water partition coefficient (Wildman–Crippen LogP) is 3.87. The van der Waals surface area contributed by atoms with Crippen LogP contribution in [0.5, 0.6) is 11.5 Å². The lowest BCUT2D eigenvalue weighted by molar-refractivity contribution is 0.192. The molecule has 6 heteroatoms. The Morgan fingerprint density at radius 2 is 1.96 bits per heavy atom. The monoisotopic (exact) mass is 378 g/mol. The van der Waals surface area contributed by atoms with Crippen LogP contribution in [-0.4, -0.2) is 47.2 Å². The fourth-order valence-electron chi connectivity index (χ4n) is 3.91. The summed E-state index contributed by atoms with van der Waals surface area (Å²) in [5, 5.41) is 0. The number of pyridine rings is 1. The van der Waals surface area contributed by atoms with E-state index in [1.807, 2.05) is 30.5 Å². The Morgan fingerprint density at radius 3 is 2.75 bits per heavy atom. The van der Waals surface area contributed by atoms with Gasteiger partial charge in [0.25, 0.3) is 0 Å². The number of hydrogen-bond acceptors (Lipinski definition) is 5. The van der Waals surface area contributed by atoms with Gasteiger partial charge in [-0.2, -0.15) is 0 Å². The molecule has 3 heterocycles. The van der Waals surface area contributed by atoms with Gasteiger partial charge in [-0.1, -0.05) is 30.3 Å². The molecule has 4 rings (SSSR count). The average Bonchev–Trinajstić information content (AvgIpc) is 3.25. The third-order valence-corrected chi connectivity index (χ3v) is 5.31. The number of imidazole rings is 1. The number of aromatic nitrogens is 3. The number of nitrogens with zero attached hydrogens (tertiary/aromatic N) is 3. The molecule has 1 aromatic carbocycles. The summed E-state index contributed by atoms with van der Waals surface area (Å²) in [6, 6.07) is 12.2. The topological polar surface area (TPSA) is 63.3 Å². The highest BCUT2D eigenvalue weighted by molar-refractivity contribution is 5.58. The molecule has 1 saturated heterocycles. The average molecular weight is 378 g/mol.